The van der Waals surface area contributed by atoms with E-state index in [9.17, 15) is 4.79 Å². The molecule has 0 radical (unpaired) electrons. The zero-order valence-corrected chi connectivity index (χ0v) is 10.7. The second-order valence-electron chi connectivity index (χ2n) is 4.01. The van der Waals surface area contributed by atoms with Gasteiger partial charge in [-0.1, -0.05) is 29.3 Å². The summed E-state index contributed by atoms with van der Waals surface area (Å²) in [4.78, 5) is 11.3. The number of amides is 1. The van der Waals surface area contributed by atoms with E-state index in [1.165, 1.54) is 0 Å². The molecule has 0 unspecified atom stereocenters. The van der Waals surface area contributed by atoms with Gasteiger partial charge in [0, 0.05) is 0 Å². The van der Waals surface area contributed by atoms with Crippen molar-refractivity contribution in [2.45, 2.75) is 19.4 Å². The van der Waals surface area contributed by atoms with E-state index in [4.69, 9.17) is 28.9 Å². The topological polar surface area (TPSA) is 55.1 Å². The Bertz CT molecular complexity index is 405. The quantitative estimate of drug-likeness (QED) is 0.877. The Kier molecular flexibility index (Phi) is 4.19. The van der Waals surface area contributed by atoms with E-state index in [1.807, 2.05) is 19.9 Å². The van der Waals surface area contributed by atoms with Crippen LogP contribution in [0.3, 0.4) is 0 Å². The third-order valence-corrected chi connectivity index (χ3v) is 3.02. The monoisotopic (exact) mass is 260 g/mol. The van der Waals surface area contributed by atoms with Gasteiger partial charge in [0.05, 0.1) is 22.1 Å². The number of carbonyl (C=O) groups excluding carboxylic acids is 1. The van der Waals surface area contributed by atoms with Gasteiger partial charge >= 0.3 is 0 Å². The minimum atomic E-state index is -0.523. The first-order valence-electron chi connectivity index (χ1n) is 4.83. The van der Waals surface area contributed by atoms with Crippen LogP contribution in [0.15, 0.2) is 18.2 Å². The first kappa shape index (κ1) is 13.3. The minimum Gasteiger partial charge on any atom is -0.346 e. The number of benzene rings is 1. The molecule has 0 aromatic heterocycles. The molecule has 3 nitrogen and oxygen atoms in total. The highest BCUT2D eigenvalue weighted by molar-refractivity contribution is 6.42. The maximum atomic E-state index is 11.3. The molecule has 1 aromatic rings. The van der Waals surface area contributed by atoms with Crippen molar-refractivity contribution in [3.8, 4) is 0 Å². The summed E-state index contributed by atoms with van der Waals surface area (Å²) in [6.07, 6.45) is 0. The van der Waals surface area contributed by atoms with Crippen LogP contribution in [0.1, 0.15) is 19.4 Å². The normalized spacial score (nSPS) is 11.3. The predicted molar refractivity (Wildman–Crippen MR) is 66.7 cm³/mol. The highest BCUT2D eigenvalue weighted by Crippen LogP contribution is 2.28. The zero-order chi connectivity index (χ0) is 12.3. The zero-order valence-electron chi connectivity index (χ0n) is 9.18. The molecule has 5 heteroatoms. The van der Waals surface area contributed by atoms with E-state index in [2.05, 4.69) is 5.32 Å². The average Bonchev–Trinajstić information content (AvgIpc) is 2.21. The highest BCUT2D eigenvalue weighted by atomic mass is 35.5. The second kappa shape index (κ2) is 5.04. The largest absolute Gasteiger partial charge is 0.346 e. The van der Waals surface area contributed by atoms with E-state index in [-0.39, 0.29) is 12.5 Å². The fourth-order valence-corrected chi connectivity index (χ4v) is 1.65. The van der Waals surface area contributed by atoms with E-state index in [0.717, 1.165) is 5.56 Å². The van der Waals surface area contributed by atoms with Crippen LogP contribution in [0.2, 0.25) is 10.0 Å². The number of halogens is 2. The van der Waals surface area contributed by atoms with Gasteiger partial charge in [-0.25, -0.2) is 0 Å². The molecule has 0 aliphatic rings. The number of nitrogens with one attached hydrogen (secondary N) is 1. The van der Waals surface area contributed by atoms with Crippen LogP contribution in [0.25, 0.3) is 0 Å². The van der Waals surface area contributed by atoms with Gasteiger partial charge in [-0.15, -0.1) is 0 Å². The average molecular weight is 261 g/mol. The number of carbonyl (C=O) groups is 1. The summed E-state index contributed by atoms with van der Waals surface area (Å²) in [5.41, 5.74) is 5.61. The smallest absolute Gasteiger partial charge is 0.234 e. The molecule has 16 heavy (non-hydrogen) atoms. The van der Waals surface area contributed by atoms with E-state index in [1.54, 1.807) is 12.1 Å². The molecule has 0 atom stereocenters. The lowest BCUT2D eigenvalue weighted by molar-refractivity contribution is -0.121. The molecule has 0 aliphatic heterocycles. The molecule has 0 bridgehead atoms. The Morgan fingerprint density at radius 1 is 1.38 bits per heavy atom. The Hall–Kier alpha value is -0.770. The summed E-state index contributed by atoms with van der Waals surface area (Å²) < 4.78 is 0. The molecule has 0 heterocycles. The van der Waals surface area contributed by atoms with Crippen molar-refractivity contribution >= 4 is 29.1 Å². The fraction of sp³-hybridized carbons (Fsp3) is 0.364. The lowest BCUT2D eigenvalue weighted by atomic mass is 9.94. The minimum absolute atomic E-state index is 0.0370. The summed E-state index contributed by atoms with van der Waals surface area (Å²) in [5.74, 6) is -0.212. The van der Waals surface area contributed by atoms with Gasteiger partial charge in [0.2, 0.25) is 5.91 Å². The van der Waals surface area contributed by atoms with Crippen LogP contribution in [0.4, 0.5) is 0 Å². The lowest BCUT2D eigenvalue weighted by Crippen LogP contribution is -2.43. The van der Waals surface area contributed by atoms with Crippen molar-refractivity contribution < 1.29 is 4.79 Å². The Morgan fingerprint density at radius 2 is 2.00 bits per heavy atom. The van der Waals surface area contributed by atoms with Crippen LogP contribution < -0.4 is 11.1 Å². The van der Waals surface area contributed by atoms with Gasteiger partial charge < -0.3 is 11.1 Å². The summed E-state index contributed by atoms with van der Waals surface area (Å²) >= 11 is 11.7. The van der Waals surface area contributed by atoms with Crippen LogP contribution in [0.5, 0.6) is 0 Å². The summed E-state index contributed by atoms with van der Waals surface area (Å²) in [6.45, 7) is 3.71. The van der Waals surface area contributed by atoms with Crippen molar-refractivity contribution in [3.05, 3.63) is 33.8 Å². The molecule has 88 valence electrons. The van der Waals surface area contributed by atoms with Gasteiger partial charge in [-0.3, -0.25) is 4.79 Å². The first-order chi connectivity index (χ1) is 7.36. The van der Waals surface area contributed by atoms with Gasteiger partial charge in [0.15, 0.2) is 0 Å². The summed E-state index contributed by atoms with van der Waals surface area (Å²) in [5, 5.41) is 3.76. The number of hydrogen-bond donors (Lipinski definition) is 2. The molecule has 1 amide bonds. The third kappa shape index (κ3) is 3.11. The number of nitrogens with two attached hydrogens (primary N) is 1. The Labute approximate surface area is 105 Å². The lowest BCUT2D eigenvalue weighted by Gasteiger charge is -2.27. The third-order valence-electron chi connectivity index (χ3n) is 2.28. The van der Waals surface area contributed by atoms with Crippen molar-refractivity contribution in [1.29, 1.82) is 0 Å². The number of hydrogen-bond acceptors (Lipinski definition) is 2. The summed E-state index contributed by atoms with van der Waals surface area (Å²) in [6, 6.07) is 5.27. The standard InChI is InChI=1S/C11H14Cl2N2O/c1-11(2,15-10(16)6-14)7-3-4-8(12)9(13)5-7/h3-5H,6,14H2,1-2H3,(H,15,16). The predicted octanol–water partition coefficient (Wildman–Crippen LogP) is 2.30. The Balaban J connectivity index is 2.97. The molecule has 0 saturated heterocycles. The SMILES string of the molecule is CC(C)(NC(=O)CN)c1ccc(Cl)c(Cl)c1. The van der Waals surface area contributed by atoms with Crippen LogP contribution in [-0.4, -0.2) is 12.5 Å². The first-order valence-corrected chi connectivity index (χ1v) is 5.59. The van der Waals surface area contributed by atoms with E-state index < -0.39 is 5.54 Å². The van der Waals surface area contributed by atoms with Crippen LogP contribution in [0, 0.1) is 0 Å². The molecular formula is C11H14Cl2N2O. The molecule has 0 saturated carbocycles. The molecule has 0 spiro atoms. The van der Waals surface area contributed by atoms with Crippen molar-refractivity contribution in [2.24, 2.45) is 5.73 Å². The second-order valence-corrected chi connectivity index (χ2v) is 4.82. The van der Waals surface area contributed by atoms with Gasteiger partial charge in [0.1, 0.15) is 0 Å². The molecule has 0 fully saturated rings. The van der Waals surface area contributed by atoms with Crippen LogP contribution >= 0.6 is 23.2 Å². The van der Waals surface area contributed by atoms with Crippen LogP contribution in [-0.2, 0) is 10.3 Å². The van der Waals surface area contributed by atoms with Gasteiger partial charge in [0.25, 0.3) is 0 Å². The van der Waals surface area contributed by atoms with Gasteiger partial charge in [-0.2, -0.15) is 0 Å². The van der Waals surface area contributed by atoms with Crippen molar-refractivity contribution in [1.82, 2.24) is 5.32 Å². The van der Waals surface area contributed by atoms with E-state index in [0.29, 0.717) is 10.0 Å². The highest BCUT2D eigenvalue weighted by Gasteiger charge is 2.22. The van der Waals surface area contributed by atoms with Crippen molar-refractivity contribution in [2.75, 3.05) is 6.54 Å². The molecular weight excluding hydrogens is 247 g/mol. The maximum Gasteiger partial charge on any atom is 0.234 e. The van der Waals surface area contributed by atoms with Crippen molar-refractivity contribution in [3.63, 3.8) is 0 Å². The molecule has 1 aromatic carbocycles. The maximum absolute atomic E-state index is 11.3. The fourth-order valence-electron chi connectivity index (χ4n) is 1.36. The molecule has 0 aliphatic carbocycles. The molecule has 3 N–H and O–H groups in total. The number of rotatable bonds is 3. The van der Waals surface area contributed by atoms with E-state index >= 15 is 0 Å². The Morgan fingerprint density at radius 3 is 2.50 bits per heavy atom. The summed E-state index contributed by atoms with van der Waals surface area (Å²) in [7, 11) is 0. The molecule has 1 rings (SSSR count). The van der Waals surface area contributed by atoms with Gasteiger partial charge in [-0.05, 0) is 31.5 Å².